The summed E-state index contributed by atoms with van der Waals surface area (Å²) in [5, 5.41) is 0. The molecule has 0 aliphatic carbocycles. The molecule has 1 fully saturated rings. The lowest BCUT2D eigenvalue weighted by atomic mass is 10.0. The highest BCUT2D eigenvalue weighted by Gasteiger charge is 2.42. The summed E-state index contributed by atoms with van der Waals surface area (Å²) in [6, 6.07) is 8.84. The van der Waals surface area contributed by atoms with Crippen molar-refractivity contribution in [3.8, 4) is 11.3 Å². The molecule has 1 aliphatic rings. The molecule has 1 N–H and O–H groups in total. The predicted octanol–water partition coefficient (Wildman–Crippen LogP) is 3.77. The maximum atomic E-state index is 12.7. The van der Waals surface area contributed by atoms with Gasteiger partial charge in [0.2, 0.25) is 16.4 Å². The van der Waals surface area contributed by atoms with E-state index in [0.29, 0.717) is 16.8 Å². The standard InChI is InChI=1S/C19H19F3N2O4S/c1-18(2)16(29(25,26)24-17(27-3)28-18)10-12-4-6-13(7-5-12)15-9-8-14(11-23-15)19(20,21)22/h4-11,17,24H,1-3H3/b16-10+. The highest BCUT2D eigenvalue weighted by Crippen LogP contribution is 2.33. The lowest BCUT2D eigenvalue weighted by Crippen LogP contribution is -2.53. The molecule has 1 aromatic heterocycles. The molecule has 3 rings (SSSR count). The van der Waals surface area contributed by atoms with Gasteiger partial charge in [0.15, 0.2) is 0 Å². The largest absolute Gasteiger partial charge is 0.417 e. The quantitative estimate of drug-likeness (QED) is 0.806. The highest BCUT2D eigenvalue weighted by atomic mass is 32.2. The Morgan fingerprint density at radius 3 is 2.31 bits per heavy atom. The lowest BCUT2D eigenvalue weighted by Gasteiger charge is -2.37. The van der Waals surface area contributed by atoms with E-state index in [1.807, 2.05) is 0 Å². The minimum Gasteiger partial charge on any atom is -0.342 e. The second kappa shape index (κ2) is 7.52. The zero-order chi connectivity index (χ0) is 21.4. The van der Waals surface area contributed by atoms with Crippen LogP contribution >= 0.6 is 0 Å². The molecule has 1 unspecified atom stereocenters. The van der Waals surface area contributed by atoms with Gasteiger partial charge in [-0.2, -0.15) is 17.9 Å². The van der Waals surface area contributed by atoms with Crippen LogP contribution in [0.5, 0.6) is 0 Å². The smallest absolute Gasteiger partial charge is 0.342 e. The second-order valence-corrected chi connectivity index (χ2v) is 8.56. The van der Waals surface area contributed by atoms with E-state index in [-0.39, 0.29) is 4.91 Å². The molecule has 156 valence electrons. The van der Waals surface area contributed by atoms with Gasteiger partial charge in [-0.3, -0.25) is 4.98 Å². The molecule has 1 atom stereocenters. The topological polar surface area (TPSA) is 77.5 Å². The molecule has 2 heterocycles. The van der Waals surface area contributed by atoms with Gasteiger partial charge in [0.25, 0.3) is 0 Å². The molecule has 10 heteroatoms. The Morgan fingerprint density at radius 2 is 1.83 bits per heavy atom. The van der Waals surface area contributed by atoms with Gasteiger partial charge in [-0.15, -0.1) is 0 Å². The van der Waals surface area contributed by atoms with Crippen LogP contribution in [0.1, 0.15) is 25.0 Å². The number of alkyl halides is 3. The van der Waals surface area contributed by atoms with E-state index < -0.39 is 33.8 Å². The maximum Gasteiger partial charge on any atom is 0.417 e. The number of aromatic nitrogens is 1. The third kappa shape index (κ3) is 4.67. The molecule has 1 saturated heterocycles. The molecule has 0 bridgehead atoms. The van der Waals surface area contributed by atoms with Gasteiger partial charge >= 0.3 is 6.18 Å². The number of hydrogen-bond donors (Lipinski definition) is 1. The first-order valence-electron chi connectivity index (χ1n) is 8.51. The fourth-order valence-corrected chi connectivity index (χ4v) is 4.36. The van der Waals surface area contributed by atoms with Crippen molar-refractivity contribution in [1.29, 1.82) is 0 Å². The first kappa shape index (κ1) is 21.4. The number of ether oxygens (including phenoxy) is 2. The summed E-state index contributed by atoms with van der Waals surface area (Å²) in [4.78, 5) is 3.88. The Kier molecular flexibility index (Phi) is 5.56. The number of pyridine rings is 1. The molecule has 0 spiro atoms. The van der Waals surface area contributed by atoms with E-state index in [0.717, 1.165) is 12.3 Å². The van der Waals surface area contributed by atoms with E-state index in [2.05, 4.69) is 9.71 Å². The van der Waals surface area contributed by atoms with Crippen molar-refractivity contribution >= 4 is 16.1 Å². The van der Waals surface area contributed by atoms with E-state index in [4.69, 9.17) is 9.47 Å². The fourth-order valence-electron chi connectivity index (χ4n) is 2.84. The molecule has 0 amide bonds. The number of methoxy groups -OCH3 is 1. The Morgan fingerprint density at radius 1 is 1.17 bits per heavy atom. The second-order valence-electron chi connectivity index (χ2n) is 6.88. The maximum absolute atomic E-state index is 12.7. The lowest BCUT2D eigenvalue weighted by molar-refractivity contribution is -0.184. The van der Waals surface area contributed by atoms with Crippen LogP contribution in [-0.4, -0.2) is 32.5 Å². The predicted molar refractivity (Wildman–Crippen MR) is 101 cm³/mol. The molecular formula is C19H19F3N2O4S. The molecule has 6 nitrogen and oxygen atoms in total. The molecule has 0 saturated carbocycles. The van der Waals surface area contributed by atoms with Crippen LogP contribution in [0.25, 0.3) is 17.3 Å². The van der Waals surface area contributed by atoms with Gasteiger partial charge < -0.3 is 9.47 Å². The normalized spacial score (nSPS) is 22.6. The summed E-state index contributed by atoms with van der Waals surface area (Å²) in [7, 11) is -2.50. The van der Waals surface area contributed by atoms with E-state index >= 15 is 0 Å². The van der Waals surface area contributed by atoms with Crippen LogP contribution in [0.3, 0.4) is 0 Å². The van der Waals surface area contributed by atoms with Crippen molar-refractivity contribution in [3.63, 3.8) is 0 Å². The van der Waals surface area contributed by atoms with Gasteiger partial charge in [0.05, 0.1) is 16.2 Å². The Balaban J connectivity index is 1.88. The summed E-state index contributed by atoms with van der Waals surface area (Å²) < 4.78 is 75.8. The first-order chi connectivity index (χ1) is 13.4. The van der Waals surface area contributed by atoms with Gasteiger partial charge in [-0.1, -0.05) is 24.3 Å². The van der Waals surface area contributed by atoms with Crippen LogP contribution in [0.2, 0.25) is 0 Å². The number of nitrogens with one attached hydrogen (secondary N) is 1. The number of sulfonamides is 1. The minimum absolute atomic E-state index is 0.0266. The molecule has 29 heavy (non-hydrogen) atoms. The number of rotatable bonds is 3. The number of benzene rings is 1. The van der Waals surface area contributed by atoms with Crippen molar-refractivity contribution in [2.24, 2.45) is 0 Å². The molecule has 0 radical (unpaired) electrons. The Labute approximate surface area is 166 Å². The van der Waals surface area contributed by atoms with Crippen molar-refractivity contribution in [1.82, 2.24) is 9.71 Å². The van der Waals surface area contributed by atoms with Crippen LogP contribution in [-0.2, 0) is 25.7 Å². The number of nitrogens with zero attached hydrogens (tertiary/aromatic N) is 1. The van der Waals surface area contributed by atoms with E-state index in [1.54, 1.807) is 38.1 Å². The zero-order valence-corrected chi connectivity index (χ0v) is 16.6. The van der Waals surface area contributed by atoms with Crippen LogP contribution in [0.15, 0.2) is 47.5 Å². The van der Waals surface area contributed by atoms with E-state index in [1.165, 1.54) is 19.3 Å². The Bertz CT molecular complexity index is 1010. The highest BCUT2D eigenvalue weighted by molar-refractivity contribution is 7.93. The van der Waals surface area contributed by atoms with Crippen molar-refractivity contribution in [2.75, 3.05) is 7.11 Å². The SMILES string of the molecule is COC1NS(=O)(=O)/C(=C/c2ccc(-c3ccc(C(F)(F)F)cn3)cc2)C(C)(C)O1. The van der Waals surface area contributed by atoms with Crippen LogP contribution < -0.4 is 4.72 Å². The van der Waals surface area contributed by atoms with Gasteiger partial charge in [-0.05, 0) is 37.6 Å². The third-order valence-corrected chi connectivity index (χ3v) is 6.04. The summed E-state index contributed by atoms with van der Waals surface area (Å²) in [6.45, 7) is 3.23. The third-order valence-electron chi connectivity index (χ3n) is 4.35. The van der Waals surface area contributed by atoms with Gasteiger partial charge in [0, 0.05) is 18.9 Å². The monoisotopic (exact) mass is 428 g/mol. The van der Waals surface area contributed by atoms with Gasteiger partial charge in [-0.25, -0.2) is 8.42 Å². The summed E-state index contributed by atoms with van der Waals surface area (Å²) in [5.74, 6) is 0. The Hall–Kier alpha value is -2.27. The number of halogens is 3. The summed E-state index contributed by atoms with van der Waals surface area (Å²) in [5.41, 5.74) is -0.405. The average molecular weight is 428 g/mol. The average Bonchev–Trinajstić information content (AvgIpc) is 2.64. The molecule has 1 aliphatic heterocycles. The fraction of sp³-hybridized carbons (Fsp3) is 0.316. The summed E-state index contributed by atoms with van der Waals surface area (Å²) >= 11 is 0. The molecular weight excluding hydrogens is 409 g/mol. The van der Waals surface area contributed by atoms with Gasteiger partial charge in [0.1, 0.15) is 5.60 Å². The minimum atomic E-state index is -4.45. The molecule has 2 aromatic rings. The van der Waals surface area contributed by atoms with Crippen molar-refractivity contribution in [3.05, 3.63) is 58.6 Å². The van der Waals surface area contributed by atoms with Crippen LogP contribution in [0.4, 0.5) is 13.2 Å². The number of hydrogen-bond acceptors (Lipinski definition) is 5. The van der Waals surface area contributed by atoms with E-state index in [9.17, 15) is 21.6 Å². The molecule has 1 aromatic carbocycles. The summed E-state index contributed by atoms with van der Waals surface area (Å²) in [6.07, 6.45) is -3.28. The first-order valence-corrected chi connectivity index (χ1v) is 9.99. The zero-order valence-electron chi connectivity index (χ0n) is 15.8. The van der Waals surface area contributed by atoms with Crippen LogP contribution in [0, 0.1) is 0 Å². The van der Waals surface area contributed by atoms with Crippen molar-refractivity contribution < 1.29 is 31.1 Å². The van der Waals surface area contributed by atoms with Crippen molar-refractivity contribution in [2.45, 2.75) is 32.0 Å².